The Morgan fingerprint density at radius 3 is 2.62 bits per heavy atom. The van der Waals surface area contributed by atoms with Crippen molar-refractivity contribution in [2.75, 3.05) is 5.43 Å². The fraction of sp³-hybridized carbons (Fsp3) is 0. The number of benzene rings is 1. The maximum atomic E-state index is 10.8. The van der Waals surface area contributed by atoms with Gasteiger partial charge in [0.15, 0.2) is 0 Å². The Bertz CT molecular complexity index is 510. The molecule has 2 rings (SSSR count). The smallest absolute Gasteiger partial charge is 0.347 e. The lowest BCUT2D eigenvalue weighted by molar-refractivity contribution is -0.391. The topological polar surface area (TPSA) is 60.1 Å². The standard InChI is InChI=1S/C10H8IN3O2/c11-8-6-10(14(15)16)13(7-8)12-9-4-2-1-3-5-9/h1-7,12H. The lowest BCUT2D eigenvalue weighted by Crippen LogP contribution is -2.10. The third kappa shape index (κ3) is 2.32. The van der Waals surface area contributed by atoms with Crippen molar-refractivity contribution in [1.29, 1.82) is 0 Å². The van der Waals surface area contributed by atoms with Crippen LogP contribution < -0.4 is 5.43 Å². The number of nitrogens with zero attached hydrogens (tertiary/aromatic N) is 2. The van der Waals surface area contributed by atoms with Crippen molar-refractivity contribution in [1.82, 2.24) is 4.68 Å². The van der Waals surface area contributed by atoms with Gasteiger partial charge in [-0.2, -0.15) is 0 Å². The van der Waals surface area contributed by atoms with E-state index in [-0.39, 0.29) is 5.82 Å². The first-order valence-electron chi connectivity index (χ1n) is 4.51. The Balaban J connectivity index is 2.31. The van der Waals surface area contributed by atoms with Crippen molar-refractivity contribution in [3.8, 4) is 0 Å². The van der Waals surface area contributed by atoms with Gasteiger partial charge in [0.2, 0.25) is 0 Å². The maximum absolute atomic E-state index is 10.8. The van der Waals surface area contributed by atoms with E-state index in [1.807, 2.05) is 52.9 Å². The zero-order valence-electron chi connectivity index (χ0n) is 8.13. The fourth-order valence-corrected chi connectivity index (χ4v) is 1.86. The monoisotopic (exact) mass is 329 g/mol. The second-order valence-corrected chi connectivity index (χ2v) is 4.37. The highest BCUT2D eigenvalue weighted by atomic mass is 127. The second-order valence-electron chi connectivity index (χ2n) is 3.12. The minimum absolute atomic E-state index is 0.0215. The number of para-hydroxylation sites is 1. The zero-order chi connectivity index (χ0) is 11.5. The summed E-state index contributed by atoms with van der Waals surface area (Å²) < 4.78 is 2.21. The molecule has 1 aromatic carbocycles. The first kappa shape index (κ1) is 10.9. The van der Waals surface area contributed by atoms with Crippen LogP contribution in [0.5, 0.6) is 0 Å². The van der Waals surface area contributed by atoms with Crippen LogP contribution in [-0.4, -0.2) is 9.60 Å². The van der Waals surface area contributed by atoms with Crippen molar-refractivity contribution in [3.05, 3.63) is 56.3 Å². The summed E-state index contributed by atoms with van der Waals surface area (Å²) >= 11 is 2.04. The quantitative estimate of drug-likeness (QED) is 0.535. The third-order valence-corrected chi connectivity index (χ3v) is 2.57. The maximum Gasteiger partial charge on any atom is 0.347 e. The highest BCUT2D eigenvalue weighted by Gasteiger charge is 2.14. The molecule has 0 atom stereocenters. The minimum atomic E-state index is -0.419. The Morgan fingerprint density at radius 2 is 2.00 bits per heavy atom. The van der Waals surface area contributed by atoms with Crippen LogP contribution in [0.25, 0.3) is 0 Å². The molecule has 5 nitrogen and oxygen atoms in total. The molecule has 0 aliphatic rings. The van der Waals surface area contributed by atoms with Gasteiger partial charge in [-0.05, 0) is 39.6 Å². The average molecular weight is 329 g/mol. The van der Waals surface area contributed by atoms with Crippen LogP contribution in [-0.2, 0) is 0 Å². The third-order valence-electron chi connectivity index (χ3n) is 1.98. The first-order chi connectivity index (χ1) is 7.66. The Hall–Kier alpha value is -1.57. The molecule has 1 aromatic heterocycles. The molecular weight excluding hydrogens is 321 g/mol. The first-order valence-corrected chi connectivity index (χ1v) is 5.59. The summed E-state index contributed by atoms with van der Waals surface area (Å²) in [6, 6.07) is 10.8. The zero-order valence-corrected chi connectivity index (χ0v) is 10.3. The number of nitro groups is 1. The van der Waals surface area contributed by atoms with E-state index in [2.05, 4.69) is 5.43 Å². The van der Waals surface area contributed by atoms with E-state index < -0.39 is 4.92 Å². The van der Waals surface area contributed by atoms with Crippen molar-refractivity contribution < 1.29 is 4.92 Å². The number of halogens is 1. The Morgan fingerprint density at radius 1 is 1.31 bits per heavy atom. The number of hydrogen-bond donors (Lipinski definition) is 1. The molecule has 1 heterocycles. The van der Waals surface area contributed by atoms with Crippen LogP contribution >= 0.6 is 22.6 Å². The molecule has 82 valence electrons. The van der Waals surface area contributed by atoms with Gasteiger partial charge in [-0.3, -0.25) is 0 Å². The molecule has 6 heteroatoms. The lowest BCUT2D eigenvalue weighted by Gasteiger charge is -2.03. The molecule has 0 bridgehead atoms. The average Bonchev–Trinajstić information content (AvgIpc) is 2.61. The van der Waals surface area contributed by atoms with Crippen LogP contribution in [0.3, 0.4) is 0 Å². The molecule has 0 saturated heterocycles. The number of aromatic nitrogens is 1. The summed E-state index contributed by atoms with van der Waals surface area (Å²) in [4.78, 5) is 10.3. The molecule has 16 heavy (non-hydrogen) atoms. The highest BCUT2D eigenvalue weighted by Crippen LogP contribution is 2.19. The number of rotatable bonds is 3. The van der Waals surface area contributed by atoms with E-state index in [1.165, 1.54) is 10.7 Å². The summed E-state index contributed by atoms with van der Waals surface area (Å²) in [6.07, 6.45) is 1.67. The molecule has 2 aromatic rings. The predicted molar refractivity (Wildman–Crippen MR) is 69.3 cm³/mol. The van der Waals surface area contributed by atoms with Crippen LogP contribution in [0.1, 0.15) is 0 Å². The second kappa shape index (κ2) is 4.52. The van der Waals surface area contributed by atoms with Gasteiger partial charge in [-0.15, -0.1) is 4.68 Å². The van der Waals surface area contributed by atoms with E-state index in [9.17, 15) is 10.1 Å². The molecule has 0 spiro atoms. The van der Waals surface area contributed by atoms with Gasteiger partial charge in [0.25, 0.3) is 0 Å². The molecule has 0 saturated carbocycles. The molecule has 0 amide bonds. The van der Waals surface area contributed by atoms with Crippen LogP contribution in [0.4, 0.5) is 11.5 Å². The summed E-state index contributed by atoms with van der Waals surface area (Å²) in [6.45, 7) is 0. The molecule has 0 aliphatic carbocycles. The number of hydrogen-bond acceptors (Lipinski definition) is 3. The summed E-state index contributed by atoms with van der Waals surface area (Å²) in [5.41, 5.74) is 3.75. The Labute approximate surface area is 105 Å². The van der Waals surface area contributed by atoms with Gasteiger partial charge < -0.3 is 10.1 Å². The van der Waals surface area contributed by atoms with E-state index in [0.29, 0.717) is 0 Å². The van der Waals surface area contributed by atoms with Gasteiger partial charge in [0, 0.05) is 0 Å². The van der Waals surface area contributed by atoms with Crippen molar-refractivity contribution in [2.45, 2.75) is 0 Å². The van der Waals surface area contributed by atoms with Crippen molar-refractivity contribution in [3.63, 3.8) is 0 Å². The molecule has 1 N–H and O–H groups in total. The van der Waals surface area contributed by atoms with Crippen molar-refractivity contribution in [2.24, 2.45) is 0 Å². The number of anilines is 1. The fourth-order valence-electron chi connectivity index (χ4n) is 1.30. The van der Waals surface area contributed by atoms with E-state index in [1.54, 1.807) is 6.20 Å². The van der Waals surface area contributed by atoms with Crippen molar-refractivity contribution >= 4 is 34.1 Å². The molecule has 0 aliphatic heterocycles. The number of nitrogens with one attached hydrogen (secondary N) is 1. The summed E-state index contributed by atoms with van der Waals surface area (Å²) in [5, 5.41) is 10.8. The van der Waals surface area contributed by atoms with Crippen LogP contribution in [0.2, 0.25) is 0 Å². The van der Waals surface area contributed by atoms with E-state index in [4.69, 9.17) is 0 Å². The van der Waals surface area contributed by atoms with Crippen LogP contribution in [0.15, 0.2) is 42.6 Å². The molecule has 0 fully saturated rings. The highest BCUT2D eigenvalue weighted by molar-refractivity contribution is 14.1. The molecular formula is C10H8IN3O2. The van der Waals surface area contributed by atoms with Gasteiger partial charge in [0.05, 0.1) is 15.3 Å². The molecule has 0 radical (unpaired) electrons. The SMILES string of the molecule is O=[N+]([O-])c1cc(I)cn1Nc1ccccc1. The van der Waals surface area contributed by atoms with Gasteiger partial charge in [0.1, 0.15) is 6.20 Å². The normalized spacial score (nSPS) is 10.1. The van der Waals surface area contributed by atoms with Gasteiger partial charge >= 0.3 is 5.82 Å². The predicted octanol–water partition coefficient (Wildman–Crippen LogP) is 2.88. The minimum Gasteiger partial charge on any atom is -0.358 e. The molecule has 0 unspecified atom stereocenters. The van der Waals surface area contributed by atoms with Gasteiger partial charge in [-0.25, -0.2) is 5.43 Å². The van der Waals surface area contributed by atoms with Crippen LogP contribution in [0, 0.1) is 13.7 Å². The largest absolute Gasteiger partial charge is 0.358 e. The summed E-state index contributed by atoms with van der Waals surface area (Å²) in [5.74, 6) is 0.0215. The van der Waals surface area contributed by atoms with E-state index in [0.717, 1.165) is 9.26 Å². The van der Waals surface area contributed by atoms with Gasteiger partial charge in [-0.1, -0.05) is 18.2 Å². The Kier molecular flexibility index (Phi) is 3.09. The van der Waals surface area contributed by atoms with E-state index >= 15 is 0 Å². The lowest BCUT2D eigenvalue weighted by atomic mass is 10.3. The summed E-state index contributed by atoms with van der Waals surface area (Å²) in [7, 11) is 0.